The fraction of sp³-hybridized carbons (Fsp3) is 0.200. The Labute approximate surface area is 106 Å². The number of rotatable bonds is 2. The van der Waals surface area contributed by atoms with Crippen LogP contribution in [0.15, 0.2) is 36.7 Å². The van der Waals surface area contributed by atoms with Gasteiger partial charge in [-0.2, -0.15) is 0 Å². The van der Waals surface area contributed by atoms with Crippen molar-refractivity contribution in [3.8, 4) is 11.3 Å². The molecule has 0 unspecified atom stereocenters. The first kappa shape index (κ1) is 11.0. The lowest BCUT2D eigenvalue weighted by molar-refractivity contribution is 1.14. The number of fused-ring (bicyclic) bond motifs is 1. The lowest BCUT2D eigenvalue weighted by Gasteiger charge is -2.03. The van der Waals surface area contributed by atoms with Crippen LogP contribution in [0.4, 0.5) is 0 Å². The summed E-state index contributed by atoms with van der Waals surface area (Å²) >= 11 is 0. The predicted octanol–water partition coefficient (Wildman–Crippen LogP) is 3.50. The highest BCUT2D eigenvalue weighted by Gasteiger charge is 2.03. The van der Waals surface area contributed by atoms with E-state index in [2.05, 4.69) is 46.1 Å². The second-order valence-corrected chi connectivity index (χ2v) is 4.49. The summed E-state index contributed by atoms with van der Waals surface area (Å²) in [5.41, 5.74) is 4.46. The molecule has 18 heavy (non-hydrogen) atoms. The molecule has 2 aromatic heterocycles. The van der Waals surface area contributed by atoms with Crippen LogP contribution in [0.1, 0.15) is 18.3 Å². The van der Waals surface area contributed by atoms with E-state index >= 15 is 0 Å². The van der Waals surface area contributed by atoms with Crippen molar-refractivity contribution in [1.82, 2.24) is 15.0 Å². The predicted molar refractivity (Wildman–Crippen MR) is 73.4 cm³/mol. The van der Waals surface area contributed by atoms with E-state index in [-0.39, 0.29) is 0 Å². The standard InChI is InChI=1S/C15H15N3/c1-3-11-4-5-12-7-13(8-17-14(12)6-11)15-9-16-10(2)18-15/h4-9H,3H2,1-2H3,(H,16,18). The van der Waals surface area contributed by atoms with Crippen molar-refractivity contribution in [3.05, 3.63) is 48.0 Å². The molecule has 3 heteroatoms. The van der Waals surface area contributed by atoms with Gasteiger partial charge in [-0.05, 0) is 31.0 Å². The molecule has 0 fully saturated rings. The molecule has 2 heterocycles. The first-order chi connectivity index (χ1) is 8.76. The Morgan fingerprint density at radius 3 is 2.72 bits per heavy atom. The molecule has 3 nitrogen and oxygen atoms in total. The zero-order valence-electron chi connectivity index (χ0n) is 10.6. The van der Waals surface area contributed by atoms with Gasteiger partial charge >= 0.3 is 0 Å². The van der Waals surface area contributed by atoms with Crippen molar-refractivity contribution in [2.45, 2.75) is 20.3 Å². The summed E-state index contributed by atoms with van der Waals surface area (Å²) < 4.78 is 0. The molecular formula is C15H15N3. The number of aryl methyl sites for hydroxylation is 2. The minimum absolute atomic E-state index is 0.923. The van der Waals surface area contributed by atoms with Gasteiger partial charge < -0.3 is 4.98 Å². The molecule has 1 N–H and O–H groups in total. The molecule has 0 radical (unpaired) electrons. The van der Waals surface area contributed by atoms with Crippen LogP contribution in [-0.2, 0) is 6.42 Å². The molecule has 1 aromatic carbocycles. The van der Waals surface area contributed by atoms with Crippen LogP contribution in [0.2, 0.25) is 0 Å². The lowest BCUT2D eigenvalue weighted by atomic mass is 10.1. The fourth-order valence-corrected chi connectivity index (χ4v) is 2.10. The number of hydrogen-bond donors (Lipinski definition) is 1. The molecule has 0 atom stereocenters. The van der Waals surface area contributed by atoms with E-state index in [9.17, 15) is 0 Å². The number of nitrogens with one attached hydrogen (secondary N) is 1. The molecule has 0 bridgehead atoms. The van der Waals surface area contributed by atoms with Gasteiger partial charge in [0.1, 0.15) is 5.82 Å². The number of aromatic nitrogens is 3. The first-order valence-corrected chi connectivity index (χ1v) is 6.17. The Morgan fingerprint density at radius 1 is 1.11 bits per heavy atom. The Hall–Kier alpha value is -2.16. The molecule has 0 aliphatic carbocycles. The van der Waals surface area contributed by atoms with E-state index in [1.807, 2.05) is 19.3 Å². The summed E-state index contributed by atoms with van der Waals surface area (Å²) in [5, 5.41) is 1.16. The minimum atomic E-state index is 0.923. The summed E-state index contributed by atoms with van der Waals surface area (Å²) in [6, 6.07) is 8.59. The Bertz CT molecular complexity index is 698. The van der Waals surface area contributed by atoms with Gasteiger partial charge in [0.2, 0.25) is 0 Å². The monoisotopic (exact) mass is 237 g/mol. The molecular weight excluding hydrogens is 222 g/mol. The molecule has 0 saturated carbocycles. The number of imidazole rings is 1. The van der Waals surface area contributed by atoms with Crippen LogP contribution in [-0.4, -0.2) is 15.0 Å². The molecule has 0 amide bonds. The third-order valence-corrected chi connectivity index (χ3v) is 3.17. The molecule has 0 spiro atoms. The number of H-pyrrole nitrogens is 1. The quantitative estimate of drug-likeness (QED) is 0.741. The summed E-state index contributed by atoms with van der Waals surface area (Å²) in [6.45, 7) is 4.11. The topological polar surface area (TPSA) is 41.6 Å². The van der Waals surface area contributed by atoms with Gasteiger partial charge in [-0.25, -0.2) is 4.98 Å². The van der Waals surface area contributed by atoms with Crippen LogP contribution in [0.5, 0.6) is 0 Å². The van der Waals surface area contributed by atoms with Gasteiger partial charge in [0.05, 0.1) is 17.4 Å². The minimum Gasteiger partial charge on any atom is -0.342 e. The first-order valence-electron chi connectivity index (χ1n) is 6.17. The highest BCUT2D eigenvalue weighted by atomic mass is 14.9. The van der Waals surface area contributed by atoms with Gasteiger partial charge in [0.15, 0.2) is 0 Å². The second-order valence-electron chi connectivity index (χ2n) is 4.49. The van der Waals surface area contributed by atoms with E-state index in [0.717, 1.165) is 34.4 Å². The Morgan fingerprint density at radius 2 is 2.00 bits per heavy atom. The van der Waals surface area contributed by atoms with Crippen molar-refractivity contribution >= 4 is 10.9 Å². The largest absolute Gasteiger partial charge is 0.342 e. The van der Waals surface area contributed by atoms with E-state index in [1.165, 1.54) is 5.56 Å². The van der Waals surface area contributed by atoms with Gasteiger partial charge in [-0.15, -0.1) is 0 Å². The average Bonchev–Trinajstić information content (AvgIpc) is 2.84. The van der Waals surface area contributed by atoms with Crippen LogP contribution in [0, 0.1) is 6.92 Å². The van der Waals surface area contributed by atoms with Gasteiger partial charge in [0.25, 0.3) is 0 Å². The second kappa shape index (κ2) is 4.26. The summed E-state index contributed by atoms with van der Waals surface area (Å²) in [4.78, 5) is 12.0. The van der Waals surface area contributed by atoms with Gasteiger partial charge in [0, 0.05) is 17.1 Å². The molecule has 0 aliphatic heterocycles. The Balaban J connectivity index is 2.11. The molecule has 3 rings (SSSR count). The highest BCUT2D eigenvalue weighted by molar-refractivity contribution is 5.83. The van der Waals surface area contributed by atoms with Crippen molar-refractivity contribution in [2.24, 2.45) is 0 Å². The van der Waals surface area contributed by atoms with Crippen LogP contribution < -0.4 is 0 Å². The zero-order chi connectivity index (χ0) is 12.5. The van der Waals surface area contributed by atoms with Gasteiger partial charge in [-0.1, -0.05) is 19.1 Å². The molecule has 0 aliphatic rings. The van der Waals surface area contributed by atoms with Crippen LogP contribution >= 0.6 is 0 Å². The number of aromatic amines is 1. The van der Waals surface area contributed by atoms with E-state index in [0.29, 0.717) is 0 Å². The number of hydrogen-bond acceptors (Lipinski definition) is 2. The maximum atomic E-state index is 4.53. The third-order valence-electron chi connectivity index (χ3n) is 3.17. The summed E-state index contributed by atoms with van der Waals surface area (Å²) in [7, 11) is 0. The normalized spacial score (nSPS) is 11.0. The maximum Gasteiger partial charge on any atom is 0.103 e. The average molecular weight is 237 g/mol. The van der Waals surface area contributed by atoms with Crippen molar-refractivity contribution in [1.29, 1.82) is 0 Å². The van der Waals surface area contributed by atoms with E-state index < -0.39 is 0 Å². The van der Waals surface area contributed by atoms with Gasteiger partial charge in [-0.3, -0.25) is 4.98 Å². The van der Waals surface area contributed by atoms with E-state index in [1.54, 1.807) is 0 Å². The Kier molecular flexibility index (Phi) is 2.59. The number of benzene rings is 1. The van der Waals surface area contributed by atoms with E-state index in [4.69, 9.17) is 0 Å². The van der Waals surface area contributed by atoms with Crippen LogP contribution in [0.25, 0.3) is 22.2 Å². The summed E-state index contributed by atoms with van der Waals surface area (Å²) in [5.74, 6) is 0.923. The fourth-order valence-electron chi connectivity index (χ4n) is 2.10. The lowest BCUT2D eigenvalue weighted by Crippen LogP contribution is -1.86. The zero-order valence-corrected chi connectivity index (χ0v) is 10.6. The smallest absolute Gasteiger partial charge is 0.103 e. The van der Waals surface area contributed by atoms with Crippen molar-refractivity contribution in [2.75, 3.05) is 0 Å². The molecule has 0 saturated heterocycles. The molecule has 3 aromatic rings. The maximum absolute atomic E-state index is 4.53. The van der Waals surface area contributed by atoms with Crippen molar-refractivity contribution < 1.29 is 0 Å². The molecule has 90 valence electrons. The number of pyridine rings is 1. The SMILES string of the molecule is CCc1ccc2cc(-c3cnc(C)[nH]3)cnc2c1. The third kappa shape index (κ3) is 1.88. The van der Waals surface area contributed by atoms with Crippen molar-refractivity contribution in [3.63, 3.8) is 0 Å². The highest BCUT2D eigenvalue weighted by Crippen LogP contribution is 2.22. The number of nitrogens with zero attached hydrogens (tertiary/aromatic N) is 2. The van der Waals surface area contributed by atoms with Crippen LogP contribution in [0.3, 0.4) is 0 Å². The summed E-state index contributed by atoms with van der Waals surface area (Å²) in [6.07, 6.45) is 4.78.